The maximum Gasteiger partial charge on any atom is 0.250 e. The number of nitrogens with zero attached hydrogens (tertiary/aromatic N) is 2. The van der Waals surface area contributed by atoms with Gasteiger partial charge in [-0.25, -0.2) is 4.39 Å². The van der Waals surface area contributed by atoms with E-state index in [0.717, 1.165) is 18.5 Å². The zero-order valence-corrected chi connectivity index (χ0v) is 16.8. The summed E-state index contributed by atoms with van der Waals surface area (Å²) in [4.78, 5) is 30.1. The molecule has 4 rings (SSSR count). The maximum absolute atomic E-state index is 14.2. The smallest absolute Gasteiger partial charge is 0.250 e. The molecule has 2 aliphatic rings. The predicted octanol–water partition coefficient (Wildman–Crippen LogP) is 4.12. The van der Waals surface area contributed by atoms with E-state index in [0.29, 0.717) is 24.1 Å². The Balaban J connectivity index is 1.64. The number of amides is 2. The Bertz CT molecular complexity index is 939. The highest BCUT2D eigenvalue weighted by Crippen LogP contribution is 2.45. The lowest BCUT2D eigenvalue weighted by Crippen LogP contribution is -2.62. The number of fused-ring (bicyclic) bond motifs is 1. The van der Waals surface area contributed by atoms with Gasteiger partial charge < -0.3 is 5.32 Å². The molecular formula is C23H26FN3O2. The summed E-state index contributed by atoms with van der Waals surface area (Å²) in [6.07, 6.45) is 3.15. The molecule has 1 atom stereocenters. The normalized spacial score (nSPS) is 18.6. The highest BCUT2D eigenvalue weighted by atomic mass is 19.1. The number of halogens is 1. The van der Waals surface area contributed by atoms with Gasteiger partial charge in [0.1, 0.15) is 11.4 Å². The van der Waals surface area contributed by atoms with Crippen LogP contribution in [0.5, 0.6) is 0 Å². The first-order chi connectivity index (χ1) is 13.9. The highest BCUT2D eigenvalue weighted by molar-refractivity contribution is 6.15. The predicted molar refractivity (Wildman–Crippen MR) is 111 cm³/mol. The summed E-state index contributed by atoms with van der Waals surface area (Å²) in [6, 6.07) is 13.8. The molecule has 1 aliphatic carbocycles. The molecular weight excluding hydrogens is 369 g/mol. The molecule has 0 aromatic heterocycles. The fourth-order valence-corrected chi connectivity index (χ4v) is 4.60. The lowest BCUT2D eigenvalue weighted by atomic mass is 9.89. The summed E-state index contributed by atoms with van der Waals surface area (Å²) in [7, 11) is 1.81. The van der Waals surface area contributed by atoms with E-state index in [1.165, 1.54) is 6.07 Å². The van der Waals surface area contributed by atoms with Gasteiger partial charge in [0.25, 0.3) is 5.91 Å². The van der Waals surface area contributed by atoms with Crippen molar-refractivity contribution in [1.29, 1.82) is 0 Å². The van der Waals surface area contributed by atoms with Crippen LogP contribution in [-0.2, 0) is 9.59 Å². The van der Waals surface area contributed by atoms with Gasteiger partial charge in [-0.05, 0) is 45.0 Å². The Kier molecular flexibility index (Phi) is 5.13. The summed E-state index contributed by atoms with van der Waals surface area (Å²) < 4.78 is 14.2. The van der Waals surface area contributed by atoms with Crippen molar-refractivity contribution in [3.8, 4) is 0 Å². The second-order valence-corrected chi connectivity index (χ2v) is 8.05. The average Bonchev–Trinajstić information content (AvgIpc) is 3.19. The number of hydrogen-bond acceptors (Lipinski definition) is 3. The topological polar surface area (TPSA) is 52.7 Å². The molecule has 1 spiro atoms. The minimum Gasteiger partial charge on any atom is -0.322 e. The van der Waals surface area contributed by atoms with Crippen molar-refractivity contribution in [2.24, 2.45) is 0 Å². The van der Waals surface area contributed by atoms with Gasteiger partial charge in [-0.15, -0.1) is 0 Å². The number of anilines is 2. The maximum atomic E-state index is 14.2. The third-order valence-electron chi connectivity index (χ3n) is 6.33. The molecule has 0 bridgehead atoms. The van der Waals surface area contributed by atoms with Crippen LogP contribution in [0.3, 0.4) is 0 Å². The summed E-state index contributed by atoms with van der Waals surface area (Å²) >= 11 is 0. The van der Waals surface area contributed by atoms with Gasteiger partial charge in [-0.2, -0.15) is 0 Å². The van der Waals surface area contributed by atoms with Crippen LogP contribution in [0.1, 0.15) is 44.2 Å². The van der Waals surface area contributed by atoms with Crippen molar-refractivity contribution in [2.45, 2.75) is 44.2 Å². The van der Waals surface area contributed by atoms with E-state index in [4.69, 9.17) is 0 Å². The van der Waals surface area contributed by atoms with Crippen LogP contribution in [0, 0.1) is 5.82 Å². The quantitative estimate of drug-likeness (QED) is 0.847. The SMILES string of the molecule is CC(c1ccccc1F)N(C)CC(=O)N1c2ccccc2NC(=O)C12CCCC2. The lowest BCUT2D eigenvalue weighted by molar-refractivity contribution is -0.128. The Morgan fingerprint density at radius 1 is 1.17 bits per heavy atom. The van der Waals surface area contributed by atoms with Gasteiger partial charge >= 0.3 is 0 Å². The van der Waals surface area contributed by atoms with Crippen molar-refractivity contribution in [3.05, 3.63) is 59.9 Å². The van der Waals surface area contributed by atoms with Crippen molar-refractivity contribution in [2.75, 3.05) is 23.8 Å². The van der Waals surface area contributed by atoms with Crippen molar-refractivity contribution < 1.29 is 14.0 Å². The summed E-state index contributed by atoms with van der Waals surface area (Å²) in [5.74, 6) is -0.527. The molecule has 2 amide bonds. The van der Waals surface area contributed by atoms with E-state index < -0.39 is 5.54 Å². The van der Waals surface area contributed by atoms with Crippen LogP contribution in [0.2, 0.25) is 0 Å². The minimum absolute atomic E-state index is 0.0961. The first-order valence-corrected chi connectivity index (χ1v) is 10.1. The molecule has 2 aromatic rings. The lowest BCUT2D eigenvalue weighted by Gasteiger charge is -2.45. The van der Waals surface area contributed by atoms with Crippen LogP contribution in [0.25, 0.3) is 0 Å². The summed E-state index contributed by atoms with van der Waals surface area (Å²) in [5.41, 5.74) is 1.13. The second kappa shape index (κ2) is 7.59. The Morgan fingerprint density at radius 3 is 2.55 bits per heavy atom. The number of para-hydroxylation sites is 2. The van der Waals surface area contributed by atoms with E-state index >= 15 is 0 Å². The first-order valence-electron chi connectivity index (χ1n) is 10.1. The summed E-state index contributed by atoms with van der Waals surface area (Å²) in [6.45, 7) is 1.98. The molecule has 1 aliphatic heterocycles. The van der Waals surface area contributed by atoms with Gasteiger partial charge in [0.15, 0.2) is 0 Å². The van der Waals surface area contributed by atoms with Crippen LogP contribution in [-0.4, -0.2) is 35.8 Å². The standard InChI is InChI=1S/C23H26FN3O2/c1-16(17-9-3-4-10-18(17)24)26(2)15-21(28)27-20-12-6-5-11-19(20)25-22(29)23(27)13-7-8-14-23/h3-6,9-12,16H,7-8,13-15H2,1-2H3,(H,25,29). The molecule has 1 saturated carbocycles. The molecule has 1 unspecified atom stereocenters. The Labute approximate surface area is 170 Å². The zero-order valence-electron chi connectivity index (χ0n) is 16.8. The van der Waals surface area contributed by atoms with Crippen LogP contribution >= 0.6 is 0 Å². The molecule has 152 valence electrons. The fourth-order valence-electron chi connectivity index (χ4n) is 4.60. The molecule has 6 heteroatoms. The van der Waals surface area contributed by atoms with Gasteiger partial charge in [0.05, 0.1) is 17.9 Å². The van der Waals surface area contributed by atoms with Gasteiger partial charge in [0, 0.05) is 11.6 Å². The van der Waals surface area contributed by atoms with Crippen molar-refractivity contribution in [1.82, 2.24) is 4.90 Å². The third kappa shape index (κ3) is 3.31. The van der Waals surface area contributed by atoms with E-state index in [1.54, 1.807) is 23.1 Å². The molecule has 1 heterocycles. The molecule has 29 heavy (non-hydrogen) atoms. The zero-order chi connectivity index (χ0) is 20.6. The Hall–Kier alpha value is -2.73. The molecule has 1 fully saturated rings. The molecule has 1 N–H and O–H groups in total. The second-order valence-electron chi connectivity index (χ2n) is 8.05. The van der Waals surface area contributed by atoms with E-state index in [1.807, 2.05) is 43.1 Å². The number of rotatable bonds is 4. The van der Waals surface area contributed by atoms with Gasteiger partial charge in [-0.3, -0.25) is 19.4 Å². The number of carbonyl (C=O) groups excluding carboxylic acids is 2. The monoisotopic (exact) mass is 395 g/mol. The van der Waals surface area contributed by atoms with Crippen LogP contribution < -0.4 is 10.2 Å². The van der Waals surface area contributed by atoms with Gasteiger partial charge in [0.2, 0.25) is 5.91 Å². The van der Waals surface area contributed by atoms with Crippen LogP contribution in [0.15, 0.2) is 48.5 Å². The van der Waals surface area contributed by atoms with E-state index in [2.05, 4.69) is 5.32 Å². The first kappa shape index (κ1) is 19.6. The Morgan fingerprint density at radius 2 is 1.83 bits per heavy atom. The molecule has 0 saturated heterocycles. The van der Waals surface area contributed by atoms with Gasteiger partial charge in [-0.1, -0.05) is 43.2 Å². The summed E-state index contributed by atoms with van der Waals surface area (Å²) in [5, 5.41) is 2.99. The highest BCUT2D eigenvalue weighted by Gasteiger charge is 2.52. The van der Waals surface area contributed by atoms with Crippen molar-refractivity contribution in [3.63, 3.8) is 0 Å². The number of benzene rings is 2. The number of carbonyl (C=O) groups is 2. The average molecular weight is 395 g/mol. The number of nitrogens with one attached hydrogen (secondary N) is 1. The molecule has 0 radical (unpaired) electrons. The van der Waals surface area contributed by atoms with E-state index in [-0.39, 0.29) is 30.2 Å². The van der Waals surface area contributed by atoms with Crippen LogP contribution in [0.4, 0.5) is 15.8 Å². The minimum atomic E-state index is -0.826. The number of likely N-dealkylation sites (N-methyl/N-ethyl adjacent to an activating group) is 1. The molecule has 5 nitrogen and oxygen atoms in total. The third-order valence-corrected chi connectivity index (χ3v) is 6.33. The number of hydrogen-bond donors (Lipinski definition) is 1. The molecule has 2 aromatic carbocycles. The fraction of sp³-hybridized carbons (Fsp3) is 0.391. The van der Waals surface area contributed by atoms with Crippen molar-refractivity contribution >= 4 is 23.2 Å². The largest absolute Gasteiger partial charge is 0.322 e. The van der Waals surface area contributed by atoms with E-state index in [9.17, 15) is 14.0 Å².